The summed E-state index contributed by atoms with van der Waals surface area (Å²) in [5.41, 5.74) is 0. The Morgan fingerprint density at radius 3 is 3.00 bits per heavy atom. The highest BCUT2D eigenvalue weighted by Gasteiger charge is 2.00. The summed E-state index contributed by atoms with van der Waals surface area (Å²) >= 11 is 0. The minimum Gasteiger partial charge on any atom is -0.469 e. The van der Waals surface area contributed by atoms with Crippen LogP contribution in [0.25, 0.3) is 0 Å². The summed E-state index contributed by atoms with van der Waals surface area (Å²) < 4.78 is 5.15. The molecular weight excluding hydrogens is 192 g/mol. The fourth-order valence-electron chi connectivity index (χ4n) is 1.29. The summed E-state index contributed by atoms with van der Waals surface area (Å²) in [6.45, 7) is 1.53. The van der Waals surface area contributed by atoms with Gasteiger partial charge in [-0.2, -0.15) is 0 Å². The lowest BCUT2D eigenvalue weighted by molar-refractivity contribution is -0.121. The van der Waals surface area contributed by atoms with Crippen LogP contribution in [0.5, 0.6) is 0 Å². The molecule has 0 unspecified atom stereocenters. The third-order valence-corrected chi connectivity index (χ3v) is 2.10. The lowest BCUT2D eigenvalue weighted by Crippen LogP contribution is -2.26. The molecule has 1 aromatic rings. The van der Waals surface area contributed by atoms with Gasteiger partial charge in [-0.05, 0) is 32.1 Å². The van der Waals surface area contributed by atoms with Crippen LogP contribution in [0.15, 0.2) is 22.8 Å². The first-order valence-corrected chi connectivity index (χ1v) is 5.26. The van der Waals surface area contributed by atoms with Crippen LogP contribution in [0.4, 0.5) is 0 Å². The van der Waals surface area contributed by atoms with Crippen LogP contribution in [0, 0.1) is 0 Å². The van der Waals surface area contributed by atoms with Crippen molar-refractivity contribution in [1.82, 2.24) is 10.6 Å². The molecular formula is C11H18N2O2. The van der Waals surface area contributed by atoms with Crippen LogP contribution < -0.4 is 10.6 Å². The van der Waals surface area contributed by atoms with E-state index in [1.54, 1.807) is 6.26 Å². The van der Waals surface area contributed by atoms with Crippen molar-refractivity contribution < 1.29 is 9.21 Å². The number of carbonyl (C=O) groups excluding carboxylic acids is 1. The molecule has 4 heteroatoms. The van der Waals surface area contributed by atoms with Crippen LogP contribution in [-0.2, 0) is 11.2 Å². The van der Waals surface area contributed by atoms with Crippen molar-refractivity contribution in [2.45, 2.75) is 19.3 Å². The molecule has 1 heterocycles. The maximum Gasteiger partial charge on any atom is 0.220 e. The molecule has 84 valence electrons. The van der Waals surface area contributed by atoms with E-state index in [9.17, 15) is 4.79 Å². The fourth-order valence-corrected chi connectivity index (χ4v) is 1.29. The molecule has 0 spiro atoms. The molecule has 0 aromatic carbocycles. The second-order valence-corrected chi connectivity index (χ2v) is 3.39. The molecule has 0 aliphatic heterocycles. The molecule has 4 nitrogen and oxygen atoms in total. The Bertz CT molecular complexity index is 270. The van der Waals surface area contributed by atoms with Gasteiger partial charge in [0, 0.05) is 19.4 Å². The van der Waals surface area contributed by atoms with E-state index >= 15 is 0 Å². The Hall–Kier alpha value is -1.29. The third-order valence-electron chi connectivity index (χ3n) is 2.10. The van der Waals surface area contributed by atoms with Crippen LogP contribution in [0.1, 0.15) is 18.6 Å². The van der Waals surface area contributed by atoms with E-state index in [1.165, 1.54) is 0 Å². The predicted octanol–water partition coefficient (Wildman–Crippen LogP) is 0.938. The number of amides is 1. The molecule has 0 saturated heterocycles. The number of carbonyl (C=O) groups is 1. The Labute approximate surface area is 90.0 Å². The minimum absolute atomic E-state index is 0.108. The monoisotopic (exact) mass is 210 g/mol. The quantitative estimate of drug-likeness (QED) is 0.658. The summed E-state index contributed by atoms with van der Waals surface area (Å²) in [7, 11) is 1.88. The lowest BCUT2D eigenvalue weighted by Gasteiger charge is -2.03. The molecule has 1 aromatic heterocycles. The molecule has 2 N–H and O–H groups in total. The average molecular weight is 210 g/mol. The van der Waals surface area contributed by atoms with E-state index in [1.807, 2.05) is 19.2 Å². The van der Waals surface area contributed by atoms with E-state index in [2.05, 4.69) is 10.6 Å². The van der Waals surface area contributed by atoms with Crippen molar-refractivity contribution >= 4 is 5.91 Å². The zero-order chi connectivity index (χ0) is 10.9. The van der Waals surface area contributed by atoms with Gasteiger partial charge in [-0.3, -0.25) is 4.79 Å². The van der Waals surface area contributed by atoms with Gasteiger partial charge >= 0.3 is 0 Å². The topological polar surface area (TPSA) is 54.3 Å². The van der Waals surface area contributed by atoms with E-state index < -0.39 is 0 Å². The summed E-state index contributed by atoms with van der Waals surface area (Å²) in [4.78, 5) is 11.3. The van der Waals surface area contributed by atoms with E-state index in [0.717, 1.165) is 25.1 Å². The van der Waals surface area contributed by atoms with Crippen molar-refractivity contribution in [3.63, 3.8) is 0 Å². The Morgan fingerprint density at radius 1 is 1.47 bits per heavy atom. The lowest BCUT2D eigenvalue weighted by atomic mass is 10.3. The zero-order valence-electron chi connectivity index (χ0n) is 9.08. The molecule has 0 atom stereocenters. The van der Waals surface area contributed by atoms with Gasteiger partial charge in [0.15, 0.2) is 0 Å². The average Bonchev–Trinajstić information content (AvgIpc) is 2.71. The molecule has 15 heavy (non-hydrogen) atoms. The van der Waals surface area contributed by atoms with Gasteiger partial charge in [0.25, 0.3) is 0 Å². The molecule has 0 radical (unpaired) electrons. The number of nitrogens with one attached hydrogen (secondary N) is 2. The van der Waals surface area contributed by atoms with Crippen molar-refractivity contribution in [3.05, 3.63) is 24.2 Å². The smallest absolute Gasteiger partial charge is 0.220 e. The first-order chi connectivity index (χ1) is 7.33. The van der Waals surface area contributed by atoms with Crippen molar-refractivity contribution in [2.24, 2.45) is 0 Å². The van der Waals surface area contributed by atoms with Gasteiger partial charge in [0.05, 0.1) is 6.26 Å². The zero-order valence-corrected chi connectivity index (χ0v) is 9.08. The normalized spacial score (nSPS) is 10.2. The van der Waals surface area contributed by atoms with Crippen LogP contribution in [0.2, 0.25) is 0 Å². The molecule has 1 rings (SSSR count). The highest BCUT2D eigenvalue weighted by molar-refractivity contribution is 5.75. The summed E-state index contributed by atoms with van der Waals surface area (Å²) in [6, 6.07) is 3.76. The third kappa shape index (κ3) is 5.22. The fraction of sp³-hybridized carbons (Fsp3) is 0.545. The van der Waals surface area contributed by atoms with Crippen molar-refractivity contribution in [3.8, 4) is 0 Å². The molecule has 0 saturated carbocycles. The van der Waals surface area contributed by atoms with Gasteiger partial charge < -0.3 is 15.1 Å². The van der Waals surface area contributed by atoms with Gasteiger partial charge in [0.1, 0.15) is 5.76 Å². The number of furan rings is 1. The molecule has 0 aliphatic rings. The maximum absolute atomic E-state index is 11.3. The minimum atomic E-state index is 0.108. The summed E-state index contributed by atoms with van der Waals surface area (Å²) in [6.07, 6.45) is 3.86. The second-order valence-electron chi connectivity index (χ2n) is 3.39. The van der Waals surface area contributed by atoms with Crippen molar-refractivity contribution in [1.29, 1.82) is 0 Å². The summed E-state index contributed by atoms with van der Waals surface area (Å²) in [5.74, 6) is 1.02. The SMILES string of the molecule is CNCCCC(=O)NCCc1ccco1. The Kier molecular flexibility index (Phi) is 5.55. The molecule has 0 bridgehead atoms. The van der Waals surface area contributed by atoms with Crippen molar-refractivity contribution in [2.75, 3.05) is 20.1 Å². The van der Waals surface area contributed by atoms with Gasteiger partial charge in [0.2, 0.25) is 5.91 Å². The highest BCUT2D eigenvalue weighted by Crippen LogP contribution is 1.99. The predicted molar refractivity (Wildman–Crippen MR) is 58.6 cm³/mol. The first-order valence-electron chi connectivity index (χ1n) is 5.26. The Balaban J connectivity index is 2.02. The molecule has 1 amide bonds. The molecule has 0 aliphatic carbocycles. The Morgan fingerprint density at radius 2 is 2.33 bits per heavy atom. The first kappa shape index (κ1) is 11.8. The standard InChI is InChI=1S/C11H18N2O2/c1-12-7-2-5-11(14)13-8-6-10-4-3-9-15-10/h3-4,9,12H,2,5-8H2,1H3,(H,13,14). The highest BCUT2D eigenvalue weighted by atomic mass is 16.3. The number of hydrogen-bond donors (Lipinski definition) is 2. The largest absolute Gasteiger partial charge is 0.469 e. The molecule has 0 fully saturated rings. The number of hydrogen-bond acceptors (Lipinski definition) is 3. The van der Waals surface area contributed by atoms with Crippen LogP contribution in [-0.4, -0.2) is 26.0 Å². The van der Waals surface area contributed by atoms with Gasteiger partial charge in [-0.15, -0.1) is 0 Å². The van der Waals surface area contributed by atoms with E-state index in [-0.39, 0.29) is 5.91 Å². The van der Waals surface area contributed by atoms with Gasteiger partial charge in [-0.1, -0.05) is 0 Å². The van der Waals surface area contributed by atoms with E-state index in [4.69, 9.17) is 4.42 Å². The second kappa shape index (κ2) is 7.06. The van der Waals surface area contributed by atoms with E-state index in [0.29, 0.717) is 13.0 Å². The summed E-state index contributed by atoms with van der Waals surface area (Å²) in [5, 5.41) is 5.86. The maximum atomic E-state index is 11.3. The van der Waals surface area contributed by atoms with Crippen LogP contribution >= 0.6 is 0 Å². The van der Waals surface area contributed by atoms with Crippen LogP contribution in [0.3, 0.4) is 0 Å². The number of rotatable bonds is 7. The van der Waals surface area contributed by atoms with Gasteiger partial charge in [-0.25, -0.2) is 0 Å².